The number of methoxy groups -OCH3 is 3. The van der Waals surface area contributed by atoms with E-state index in [0.29, 0.717) is 67.3 Å². The van der Waals surface area contributed by atoms with E-state index in [1.54, 1.807) is 33.6 Å². The number of amides is 1. The van der Waals surface area contributed by atoms with Crippen molar-refractivity contribution in [2.45, 2.75) is 18.6 Å². The van der Waals surface area contributed by atoms with Crippen LogP contribution in [0.15, 0.2) is 12.3 Å². The predicted octanol–water partition coefficient (Wildman–Crippen LogP) is 2.17. The molecule has 1 aromatic heterocycles. The molecule has 2 aromatic rings. The zero-order valence-corrected chi connectivity index (χ0v) is 15.8. The number of carbonyl (C=O) groups is 1. The number of carbonyl (C=O) groups excluding carboxylic acids is 1. The molecule has 2 saturated heterocycles. The highest BCUT2D eigenvalue weighted by molar-refractivity contribution is 6.10. The van der Waals surface area contributed by atoms with Crippen molar-refractivity contribution in [3.05, 3.63) is 17.8 Å². The molecule has 0 bridgehead atoms. The van der Waals surface area contributed by atoms with E-state index in [1.807, 2.05) is 4.90 Å². The quantitative estimate of drug-likeness (QED) is 0.881. The van der Waals surface area contributed by atoms with E-state index in [4.69, 9.17) is 23.7 Å². The van der Waals surface area contributed by atoms with Gasteiger partial charge in [0.2, 0.25) is 5.75 Å². The number of benzene rings is 1. The van der Waals surface area contributed by atoms with E-state index >= 15 is 0 Å². The van der Waals surface area contributed by atoms with Crippen LogP contribution in [0, 0.1) is 0 Å². The van der Waals surface area contributed by atoms with E-state index in [2.05, 4.69) is 4.98 Å². The largest absolute Gasteiger partial charge is 0.493 e. The SMILES string of the molecule is COc1cc2[nH]cc(C(=O)N3CCC4(CC3)OCCO4)c2c(OC)c1OC. The Morgan fingerprint density at radius 3 is 2.33 bits per heavy atom. The Morgan fingerprint density at radius 1 is 1.07 bits per heavy atom. The zero-order chi connectivity index (χ0) is 19.0. The second-order valence-corrected chi connectivity index (χ2v) is 6.67. The predicted molar refractivity (Wildman–Crippen MR) is 97.7 cm³/mol. The van der Waals surface area contributed by atoms with Crippen LogP contribution in [0.1, 0.15) is 23.2 Å². The first-order chi connectivity index (χ1) is 13.1. The first-order valence-electron chi connectivity index (χ1n) is 8.99. The van der Waals surface area contributed by atoms with Crippen LogP contribution in [-0.2, 0) is 9.47 Å². The van der Waals surface area contributed by atoms with Gasteiger partial charge in [-0.15, -0.1) is 0 Å². The van der Waals surface area contributed by atoms with E-state index in [0.717, 1.165) is 5.52 Å². The van der Waals surface area contributed by atoms with Crippen LogP contribution < -0.4 is 14.2 Å². The first-order valence-corrected chi connectivity index (χ1v) is 8.99. The smallest absolute Gasteiger partial charge is 0.256 e. The third kappa shape index (κ3) is 2.89. The highest BCUT2D eigenvalue weighted by Gasteiger charge is 2.41. The lowest BCUT2D eigenvalue weighted by atomic mass is 10.0. The Kier molecular flexibility index (Phi) is 4.61. The van der Waals surface area contributed by atoms with Gasteiger partial charge in [0.25, 0.3) is 5.91 Å². The molecule has 0 aliphatic carbocycles. The number of aromatic nitrogens is 1. The average molecular weight is 376 g/mol. The standard InChI is InChI=1S/C19H24N2O6/c1-23-14-10-13-15(17(25-3)16(14)24-2)12(11-20-13)18(22)21-6-4-19(5-7-21)26-8-9-27-19/h10-11,20H,4-9H2,1-3H3. The number of nitrogens with zero attached hydrogens (tertiary/aromatic N) is 1. The number of hydrogen-bond acceptors (Lipinski definition) is 6. The fraction of sp³-hybridized carbons (Fsp3) is 0.526. The second-order valence-electron chi connectivity index (χ2n) is 6.67. The molecular weight excluding hydrogens is 352 g/mol. The van der Waals surface area contributed by atoms with Crippen LogP contribution in [-0.4, -0.2) is 69.2 Å². The van der Waals surface area contributed by atoms with Gasteiger partial charge in [-0.05, 0) is 0 Å². The number of likely N-dealkylation sites (tertiary alicyclic amines) is 1. The summed E-state index contributed by atoms with van der Waals surface area (Å²) >= 11 is 0. The van der Waals surface area contributed by atoms with Crippen molar-refractivity contribution < 1.29 is 28.5 Å². The molecule has 1 spiro atoms. The Bertz CT molecular complexity index is 845. The molecule has 8 nitrogen and oxygen atoms in total. The second kappa shape index (κ2) is 6.94. The van der Waals surface area contributed by atoms with Gasteiger partial charge in [-0.2, -0.15) is 0 Å². The number of ether oxygens (including phenoxy) is 5. The maximum absolute atomic E-state index is 13.2. The van der Waals surface area contributed by atoms with Gasteiger partial charge in [-0.1, -0.05) is 0 Å². The zero-order valence-electron chi connectivity index (χ0n) is 15.8. The van der Waals surface area contributed by atoms with Gasteiger partial charge in [-0.25, -0.2) is 0 Å². The lowest BCUT2D eigenvalue weighted by Gasteiger charge is -2.37. The summed E-state index contributed by atoms with van der Waals surface area (Å²) in [6.45, 7) is 2.41. The normalized spacial score (nSPS) is 18.9. The Hall–Kier alpha value is -2.45. The van der Waals surface area contributed by atoms with Gasteiger partial charge >= 0.3 is 0 Å². The minimum atomic E-state index is -0.509. The third-order valence-corrected chi connectivity index (χ3v) is 5.33. The summed E-state index contributed by atoms with van der Waals surface area (Å²) in [4.78, 5) is 18.2. The Labute approximate surface area is 157 Å². The number of piperidine rings is 1. The van der Waals surface area contributed by atoms with Crippen molar-refractivity contribution in [1.29, 1.82) is 0 Å². The molecule has 0 unspecified atom stereocenters. The van der Waals surface area contributed by atoms with E-state index in [1.165, 1.54) is 0 Å². The highest BCUT2D eigenvalue weighted by Crippen LogP contribution is 2.45. The van der Waals surface area contributed by atoms with Gasteiger partial charge in [0.05, 0.1) is 51.0 Å². The molecule has 8 heteroatoms. The summed E-state index contributed by atoms with van der Waals surface area (Å²) < 4.78 is 27.9. The molecule has 2 aliphatic rings. The van der Waals surface area contributed by atoms with Crippen LogP contribution in [0.3, 0.4) is 0 Å². The van der Waals surface area contributed by atoms with Gasteiger partial charge in [0.15, 0.2) is 17.3 Å². The number of hydrogen-bond donors (Lipinski definition) is 1. The van der Waals surface area contributed by atoms with Crippen LogP contribution in [0.25, 0.3) is 10.9 Å². The average Bonchev–Trinajstić information content (AvgIpc) is 3.33. The number of H-pyrrole nitrogens is 1. The summed E-state index contributed by atoms with van der Waals surface area (Å²) in [5.41, 5.74) is 1.30. The van der Waals surface area contributed by atoms with Gasteiger partial charge in [-0.3, -0.25) is 4.79 Å². The highest BCUT2D eigenvalue weighted by atomic mass is 16.7. The third-order valence-electron chi connectivity index (χ3n) is 5.33. The molecule has 2 fully saturated rings. The summed E-state index contributed by atoms with van der Waals surface area (Å²) in [6.07, 6.45) is 3.06. The summed E-state index contributed by atoms with van der Waals surface area (Å²) in [5.74, 6) is 0.919. The lowest BCUT2D eigenvalue weighted by Crippen LogP contribution is -2.47. The molecular formula is C19H24N2O6. The van der Waals surface area contributed by atoms with Crippen molar-refractivity contribution in [3.63, 3.8) is 0 Å². The van der Waals surface area contributed by atoms with Gasteiger partial charge in [0, 0.05) is 38.2 Å². The maximum atomic E-state index is 13.2. The summed E-state index contributed by atoms with van der Waals surface area (Å²) in [6, 6.07) is 1.80. The van der Waals surface area contributed by atoms with E-state index < -0.39 is 5.79 Å². The number of aromatic amines is 1. The van der Waals surface area contributed by atoms with E-state index in [9.17, 15) is 4.79 Å². The Balaban J connectivity index is 1.66. The monoisotopic (exact) mass is 376 g/mol. The summed E-state index contributed by atoms with van der Waals surface area (Å²) in [7, 11) is 4.66. The van der Waals surface area contributed by atoms with Crippen molar-refractivity contribution in [2.75, 3.05) is 47.6 Å². The van der Waals surface area contributed by atoms with Crippen molar-refractivity contribution in [3.8, 4) is 17.2 Å². The molecule has 4 rings (SSSR count). The summed E-state index contributed by atoms with van der Waals surface area (Å²) in [5, 5.41) is 0.689. The molecule has 0 radical (unpaired) electrons. The molecule has 0 saturated carbocycles. The lowest BCUT2D eigenvalue weighted by molar-refractivity contribution is -0.181. The van der Waals surface area contributed by atoms with Crippen molar-refractivity contribution >= 4 is 16.8 Å². The molecule has 3 heterocycles. The molecule has 1 N–H and O–H groups in total. The maximum Gasteiger partial charge on any atom is 0.256 e. The molecule has 146 valence electrons. The van der Waals surface area contributed by atoms with Gasteiger partial charge in [0.1, 0.15) is 0 Å². The number of nitrogens with one attached hydrogen (secondary N) is 1. The molecule has 2 aliphatic heterocycles. The van der Waals surface area contributed by atoms with Crippen LogP contribution in [0.4, 0.5) is 0 Å². The van der Waals surface area contributed by atoms with Crippen LogP contribution in [0.2, 0.25) is 0 Å². The number of rotatable bonds is 4. The topological polar surface area (TPSA) is 82.3 Å². The first kappa shape index (κ1) is 17.9. The molecule has 1 amide bonds. The van der Waals surface area contributed by atoms with Gasteiger partial charge < -0.3 is 33.6 Å². The van der Waals surface area contributed by atoms with Crippen molar-refractivity contribution in [2.24, 2.45) is 0 Å². The molecule has 1 aromatic carbocycles. The molecule has 27 heavy (non-hydrogen) atoms. The van der Waals surface area contributed by atoms with E-state index in [-0.39, 0.29) is 5.91 Å². The fourth-order valence-electron chi connectivity index (χ4n) is 3.93. The van der Waals surface area contributed by atoms with Crippen molar-refractivity contribution in [1.82, 2.24) is 9.88 Å². The molecule has 0 atom stereocenters. The fourth-order valence-corrected chi connectivity index (χ4v) is 3.93. The number of fused-ring (bicyclic) bond motifs is 1. The minimum absolute atomic E-state index is 0.0559. The van der Waals surface area contributed by atoms with Crippen LogP contribution in [0.5, 0.6) is 17.2 Å². The minimum Gasteiger partial charge on any atom is -0.493 e. The Morgan fingerprint density at radius 2 is 1.74 bits per heavy atom. The van der Waals surface area contributed by atoms with Crippen LogP contribution >= 0.6 is 0 Å².